The first-order chi connectivity index (χ1) is 9.31. The molecule has 0 radical (unpaired) electrons. The molecule has 0 aliphatic carbocycles. The molecule has 0 N–H and O–H groups in total. The van der Waals surface area contributed by atoms with E-state index >= 15 is 0 Å². The molecule has 1 aliphatic heterocycles. The average Bonchev–Trinajstić information content (AvgIpc) is 2.48. The number of halogens is 1. The van der Waals surface area contributed by atoms with Gasteiger partial charge in [-0.1, -0.05) is 46.3 Å². The monoisotopic (exact) mass is 325 g/mol. The molecule has 3 nitrogen and oxygen atoms in total. The molecule has 1 heterocycles. The Labute approximate surface area is 123 Å². The number of carbonyl (C=O) groups excluding carboxylic acids is 1. The Morgan fingerprint density at radius 1 is 1.26 bits per heavy atom. The fraction of sp³-hybridized carbons (Fsp3) is 0.533. The van der Waals surface area contributed by atoms with Crippen LogP contribution in [0.3, 0.4) is 0 Å². The number of carbonyl (C=O) groups is 1. The van der Waals surface area contributed by atoms with Gasteiger partial charge in [0.1, 0.15) is 0 Å². The lowest BCUT2D eigenvalue weighted by atomic mass is 9.98. The van der Waals surface area contributed by atoms with Crippen LogP contribution >= 0.6 is 15.9 Å². The molecule has 1 amide bonds. The molecule has 1 aromatic carbocycles. The van der Waals surface area contributed by atoms with Gasteiger partial charge < -0.3 is 9.64 Å². The van der Waals surface area contributed by atoms with Gasteiger partial charge in [0, 0.05) is 37.6 Å². The Bertz CT molecular complexity index is 390. The van der Waals surface area contributed by atoms with Gasteiger partial charge in [0.2, 0.25) is 5.91 Å². The minimum Gasteiger partial charge on any atom is -0.381 e. The van der Waals surface area contributed by atoms with Crippen molar-refractivity contribution >= 4 is 21.8 Å². The molecular formula is C15H20BrNO2. The largest absolute Gasteiger partial charge is 0.381 e. The highest BCUT2D eigenvalue weighted by Crippen LogP contribution is 2.19. The summed E-state index contributed by atoms with van der Waals surface area (Å²) in [7, 11) is 0. The third-order valence-corrected chi connectivity index (χ3v) is 3.81. The molecule has 0 aromatic heterocycles. The molecule has 0 spiro atoms. The van der Waals surface area contributed by atoms with Crippen molar-refractivity contribution in [3.05, 3.63) is 35.9 Å². The standard InChI is InChI=1S/C15H20BrNO2/c16-8-9-17(12-13-4-2-1-3-5-13)15(18)14-6-10-19-11-7-14/h1-5,14H,6-12H2. The summed E-state index contributed by atoms with van der Waals surface area (Å²) in [4.78, 5) is 14.5. The van der Waals surface area contributed by atoms with Crippen molar-refractivity contribution in [3.63, 3.8) is 0 Å². The van der Waals surface area contributed by atoms with Gasteiger partial charge in [0.25, 0.3) is 0 Å². The second-order valence-corrected chi connectivity index (χ2v) is 5.61. The zero-order valence-corrected chi connectivity index (χ0v) is 12.6. The quantitative estimate of drug-likeness (QED) is 0.779. The molecule has 0 unspecified atom stereocenters. The van der Waals surface area contributed by atoms with Gasteiger partial charge in [-0.15, -0.1) is 0 Å². The summed E-state index contributed by atoms with van der Waals surface area (Å²) in [5, 5.41) is 0.814. The number of ether oxygens (including phenoxy) is 1. The van der Waals surface area contributed by atoms with Crippen molar-refractivity contribution in [1.82, 2.24) is 4.90 Å². The maximum absolute atomic E-state index is 12.5. The SMILES string of the molecule is O=C(C1CCOCC1)N(CCBr)Cc1ccccc1. The average molecular weight is 326 g/mol. The second-order valence-electron chi connectivity index (χ2n) is 4.82. The van der Waals surface area contributed by atoms with E-state index in [4.69, 9.17) is 4.74 Å². The summed E-state index contributed by atoms with van der Waals surface area (Å²) in [5.41, 5.74) is 1.18. The van der Waals surface area contributed by atoms with E-state index in [1.807, 2.05) is 23.1 Å². The van der Waals surface area contributed by atoms with Crippen LogP contribution in [0.5, 0.6) is 0 Å². The molecule has 0 bridgehead atoms. The Morgan fingerprint density at radius 3 is 2.58 bits per heavy atom. The third kappa shape index (κ3) is 4.32. The van der Waals surface area contributed by atoms with E-state index in [0.29, 0.717) is 19.8 Å². The first kappa shape index (κ1) is 14.5. The van der Waals surface area contributed by atoms with Crippen molar-refractivity contribution in [1.29, 1.82) is 0 Å². The van der Waals surface area contributed by atoms with Crippen LogP contribution in [-0.4, -0.2) is 35.9 Å². The maximum atomic E-state index is 12.5. The number of amides is 1. The third-order valence-electron chi connectivity index (χ3n) is 3.45. The van der Waals surface area contributed by atoms with E-state index in [-0.39, 0.29) is 11.8 Å². The highest BCUT2D eigenvalue weighted by molar-refractivity contribution is 9.09. The molecule has 1 fully saturated rings. The van der Waals surface area contributed by atoms with Crippen LogP contribution in [0.4, 0.5) is 0 Å². The number of hydrogen-bond acceptors (Lipinski definition) is 2. The van der Waals surface area contributed by atoms with Crippen LogP contribution in [0.25, 0.3) is 0 Å². The topological polar surface area (TPSA) is 29.5 Å². The van der Waals surface area contributed by atoms with Gasteiger partial charge in [0.15, 0.2) is 0 Å². The summed E-state index contributed by atoms with van der Waals surface area (Å²) < 4.78 is 5.33. The number of nitrogens with zero attached hydrogens (tertiary/aromatic N) is 1. The smallest absolute Gasteiger partial charge is 0.226 e. The van der Waals surface area contributed by atoms with Gasteiger partial charge in [-0.05, 0) is 18.4 Å². The molecule has 1 aliphatic rings. The summed E-state index contributed by atoms with van der Waals surface area (Å²) in [5.74, 6) is 0.406. The molecule has 104 valence electrons. The minimum absolute atomic E-state index is 0.136. The molecular weight excluding hydrogens is 306 g/mol. The highest BCUT2D eigenvalue weighted by atomic mass is 79.9. The summed E-state index contributed by atoms with van der Waals surface area (Å²) in [6, 6.07) is 10.2. The first-order valence-corrected chi connectivity index (χ1v) is 7.90. The van der Waals surface area contributed by atoms with E-state index in [0.717, 1.165) is 24.7 Å². The van der Waals surface area contributed by atoms with Gasteiger partial charge >= 0.3 is 0 Å². The van der Waals surface area contributed by atoms with Crippen LogP contribution in [0.15, 0.2) is 30.3 Å². The zero-order chi connectivity index (χ0) is 13.5. The number of benzene rings is 1. The molecule has 2 rings (SSSR count). The highest BCUT2D eigenvalue weighted by Gasteiger charge is 2.26. The van der Waals surface area contributed by atoms with Gasteiger partial charge in [-0.25, -0.2) is 0 Å². The normalized spacial score (nSPS) is 16.3. The van der Waals surface area contributed by atoms with E-state index in [1.54, 1.807) is 0 Å². The Hall–Kier alpha value is -0.870. The lowest BCUT2D eigenvalue weighted by Crippen LogP contribution is -2.39. The van der Waals surface area contributed by atoms with Gasteiger partial charge in [-0.2, -0.15) is 0 Å². The van der Waals surface area contributed by atoms with Crippen molar-refractivity contribution in [2.45, 2.75) is 19.4 Å². The van der Waals surface area contributed by atoms with Crippen molar-refractivity contribution in [2.24, 2.45) is 5.92 Å². The Morgan fingerprint density at radius 2 is 1.95 bits per heavy atom. The van der Waals surface area contributed by atoms with Gasteiger partial charge in [0.05, 0.1) is 0 Å². The fourth-order valence-electron chi connectivity index (χ4n) is 2.38. The molecule has 4 heteroatoms. The first-order valence-electron chi connectivity index (χ1n) is 6.77. The number of rotatable bonds is 5. The van der Waals surface area contributed by atoms with Crippen molar-refractivity contribution < 1.29 is 9.53 Å². The van der Waals surface area contributed by atoms with Crippen LogP contribution < -0.4 is 0 Å². The molecule has 0 saturated carbocycles. The van der Waals surface area contributed by atoms with Crippen molar-refractivity contribution in [3.8, 4) is 0 Å². The van der Waals surface area contributed by atoms with E-state index in [1.165, 1.54) is 5.56 Å². The van der Waals surface area contributed by atoms with E-state index < -0.39 is 0 Å². The lowest BCUT2D eigenvalue weighted by molar-refractivity contribution is -0.138. The number of alkyl halides is 1. The fourth-order valence-corrected chi connectivity index (χ4v) is 2.80. The van der Waals surface area contributed by atoms with Crippen molar-refractivity contribution in [2.75, 3.05) is 25.1 Å². The number of hydrogen-bond donors (Lipinski definition) is 0. The molecule has 0 atom stereocenters. The molecule has 1 saturated heterocycles. The summed E-state index contributed by atoms with van der Waals surface area (Å²) >= 11 is 3.44. The van der Waals surface area contributed by atoms with Crippen LogP contribution in [-0.2, 0) is 16.1 Å². The Balaban J connectivity index is 2.00. The van der Waals surface area contributed by atoms with Crippen LogP contribution in [0.1, 0.15) is 18.4 Å². The molecule has 1 aromatic rings. The maximum Gasteiger partial charge on any atom is 0.226 e. The lowest BCUT2D eigenvalue weighted by Gasteiger charge is -2.29. The second kappa shape index (κ2) is 7.65. The van der Waals surface area contributed by atoms with Crippen LogP contribution in [0, 0.1) is 5.92 Å². The Kier molecular flexibility index (Phi) is 5.86. The van der Waals surface area contributed by atoms with E-state index in [2.05, 4.69) is 28.1 Å². The predicted octanol–water partition coefficient (Wildman–Crippen LogP) is 2.84. The summed E-state index contributed by atoms with van der Waals surface area (Å²) in [6.45, 7) is 2.88. The predicted molar refractivity (Wildman–Crippen MR) is 79.2 cm³/mol. The zero-order valence-electron chi connectivity index (χ0n) is 11.1. The summed E-state index contributed by atoms with van der Waals surface area (Å²) in [6.07, 6.45) is 1.71. The van der Waals surface area contributed by atoms with Crippen LogP contribution in [0.2, 0.25) is 0 Å². The molecule has 19 heavy (non-hydrogen) atoms. The van der Waals surface area contributed by atoms with Gasteiger partial charge in [-0.3, -0.25) is 4.79 Å². The van der Waals surface area contributed by atoms with E-state index in [9.17, 15) is 4.79 Å². The minimum atomic E-state index is 0.136.